The molecule has 4 rings (SSSR count). The van der Waals surface area contributed by atoms with Crippen molar-refractivity contribution in [3.63, 3.8) is 0 Å². The molecule has 11 heteroatoms. The normalized spacial score (nSPS) is 36.4. The van der Waals surface area contributed by atoms with Gasteiger partial charge in [0.25, 0.3) is 0 Å². The van der Waals surface area contributed by atoms with Crippen LogP contribution in [0.4, 0.5) is 0 Å². The SMILES string of the molecule is CCOC(=O)[C@@H]1[C@H]2O[C@@]3(CC2Br)[C@H](C(=O)NCCN2CCOCC2)N(CCCO)C(=O)[C@@H]13. The molecular formula is C21H32BrN3O7. The van der Waals surface area contributed by atoms with E-state index in [-0.39, 0.29) is 36.4 Å². The topological polar surface area (TPSA) is 118 Å². The molecule has 2 amide bonds. The zero-order valence-electron chi connectivity index (χ0n) is 18.3. The Labute approximate surface area is 196 Å². The molecule has 0 radical (unpaired) electrons. The summed E-state index contributed by atoms with van der Waals surface area (Å²) in [7, 11) is 0. The van der Waals surface area contributed by atoms with Gasteiger partial charge in [-0.05, 0) is 19.8 Å². The zero-order valence-corrected chi connectivity index (χ0v) is 19.9. The molecule has 2 N–H and O–H groups in total. The second kappa shape index (κ2) is 9.92. The highest BCUT2D eigenvalue weighted by molar-refractivity contribution is 9.09. The maximum Gasteiger partial charge on any atom is 0.312 e. The quantitative estimate of drug-likeness (QED) is 0.299. The number of nitrogens with one attached hydrogen (secondary N) is 1. The fourth-order valence-corrected chi connectivity index (χ4v) is 6.62. The number of fused-ring (bicyclic) bond motifs is 1. The van der Waals surface area contributed by atoms with Crippen molar-refractivity contribution in [1.29, 1.82) is 0 Å². The lowest BCUT2D eigenvalue weighted by Crippen LogP contribution is -2.56. The van der Waals surface area contributed by atoms with Gasteiger partial charge < -0.3 is 29.5 Å². The Morgan fingerprint density at radius 3 is 2.75 bits per heavy atom. The van der Waals surface area contributed by atoms with E-state index in [0.29, 0.717) is 39.1 Å². The van der Waals surface area contributed by atoms with Crippen LogP contribution in [0, 0.1) is 11.8 Å². The van der Waals surface area contributed by atoms with E-state index in [1.54, 1.807) is 6.92 Å². The van der Waals surface area contributed by atoms with E-state index in [0.717, 1.165) is 13.1 Å². The minimum Gasteiger partial charge on any atom is -0.466 e. The number of esters is 1. The summed E-state index contributed by atoms with van der Waals surface area (Å²) in [4.78, 5) is 43.2. The Morgan fingerprint density at radius 1 is 1.31 bits per heavy atom. The van der Waals surface area contributed by atoms with Crippen LogP contribution in [0.25, 0.3) is 0 Å². The molecule has 1 unspecified atom stereocenters. The molecule has 4 aliphatic rings. The molecule has 1 spiro atoms. The Hall–Kier alpha value is -1.27. The Balaban J connectivity index is 1.54. The molecule has 0 aliphatic carbocycles. The molecule has 2 bridgehead atoms. The minimum atomic E-state index is -1.08. The summed E-state index contributed by atoms with van der Waals surface area (Å²) >= 11 is 3.61. The fraction of sp³-hybridized carbons (Fsp3) is 0.857. The largest absolute Gasteiger partial charge is 0.466 e. The summed E-state index contributed by atoms with van der Waals surface area (Å²) in [6, 6.07) is -0.847. The predicted molar refractivity (Wildman–Crippen MR) is 116 cm³/mol. The molecule has 4 heterocycles. The third-order valence-electron chi connectivity index (χ3n) is 6.98. The number of morpholine rings is 1. The minimum absolute atomic E-state index is 0.0985. The van der Waals surface area contributed by atoms with Gasteiger partial charge in [-0.25, -0.2) is 0 Å². The second-order valence-electron chi connectivity index (χ2n) is 8.77. The number of aliphatic hydroxyl groups is 1. The number of alkyl halides is 1. The van der Waals surface area contributed by atoms with Crippen LogP contribution >= 0.6 is 15.9 Å². The summed E-state index contributed by atoms with van der Waals surface area (Å²) < 4.78 is 16.9. The average molecular weight is 518 g/mol. The number of likely N-dealkylation sites (tertiary alicyclic amines) is 1. The maximum atomic E-state index is 13.5. The first-order chi connectivity index (χ1) is 15.4. The number of amides is 2. The summed E-state index contributed by atoms with van der Waals surface area (Å²) in [5.74, 6) is -2.52. The van der Waals surface area contributed by atoms with E-state index >= 15 is 0 Å². The van der Waals surface area contributed by atoms with Crippen LogP contribution in [0.1, 0.15) is 19.8 Å². The second-order valence-corrected chi connectivity index (χ2v) is 9.95. The fourth-order valence-electron chi connectivity index (χ4n) is 5.68. The first-order valence-corrected chi connectivity index (χ1v) is 12.3. The van der Waals surface area contributed by atoms with Gasteiger partial charge in [-0.3, -0.25) is 19.3 Å². The lowest BCUT2D eigenvalue weighted by Gasteiger charge is -2.34. The van der Waals surface area contributed by atoms with Gasteiger partial charge in [0.2, 0.25) is 11.8 Å². The lowest BCUT2D eigenvalue weighted by atomic mass is 9.70. The van der Waals surface area contributed by atoms with Crippen LogP contribution in [0.15, 0.2) is 0 Å². The van der Waals surface area contributed by atoms with E-state index in [4.69, 9.17) is 14.2 Å². The molecule has 0 aromatic heterocycles. The van der Waals surface area contributed by atoms with Gasteiger partial charge in [-0.1, -0.05) is 15.9 Å². The molecule has 4 saturated heterocycles. The number of carbonyl (C=O) groups is 3. The van der Waals surface area contributed by atoms with Gasteiger partial charge in [0, 0.05) is 44.2 Å². The number of nitrogens with zero attached hydrogens (tertiary/aromatic N) is 2. The van der Waals surface area contributed by atoms with Crippen molar-refractivity contribution in [1.82, 2.24) is 15.1 Å². The third-order valence-corrected chi connectivity index (χ3v) is 7.83. The van der Waals surface area contributed by atoms with Crippen molar-refractivity contribution in [3.05, 3.63) is 0 Å². The molecule has 4 aliphatic heterocycles. The molecule has 10 nitrogen and oxygen atoms in total. The highest BCUT2D eigenvalue weighted by atomic mass is 79.9. The van der Waals surface area contributed by atoms with E-state index in [2.05, 4.69) is 26.1 Å². The van der Waals surface area contributed by atoms with Crippen molar-refractivity contribution in [3.8, 4) is 0 Å². The van der Waals surface area contributed by atoms with E-state index in [1.807, 2.05) is 0 Å². The van der Waals surface area contributed by atoms with Gasteiger partial charge in [0.15, 0.2) is 0 Å². The van der Waals surface area contributed by atoms with Crippen LogP contribution < -0.4 is 5.32 Å². The number of hydrogen-bond donors (Lipinski definition) is 2. The highest BCUT2D eigenvalue weighted by Crippen LogP contribution is 2.60. The number of aliphatic hydroxyl groups excluding tert-OH is 1. The Morgan fingerprint density at radius 2 is 2.06 bits per heavy atom. The van der Waals surface area contributed by atoms with Crippen molar-refractivity contribution in [2.45, 2.75) is 42.3 Å². The summed E-state index contributed by atoms with van der Waals surface area (Å²) in [5.41, 5.74) is -1.08. The van der Waals surface area contributed by atoms with Crippen molar-refractivity contribution in [2.24, 2.45) is 11.8 Å². The van der Waals surface area contributed by atoms with Crippen LogP contribution in [-0.2, 0) is 28.6 Å². The van der Waals surface area contributed by atoms with Crippen LogP contribution in [0.5, 0.6) is 0 Å². The molecule has 6 atom stereocenters. The Bertz CT molecular complexity index is 734. The monoisotopic (exact) mass is 517 g/mol. The van der Waals surface area contributed by atoms with E-state index in [1.165, 1.54) is 4.90 Å². The van der Waals surface area contributed by atoms with Crippen LogP contribution in [-0.4, -0.2) is 114 Å². The maximum absolute atomic E-state index is 13.5. The number of carbonyl (C=O) groups excluding carboxylic acids is 3. The first-order valence-electron chi connectivity index (χ1n) is 11.4. The molecule has 180 valence electrons. The number of halogens is 1. The molecule has 0 aromatic carbocycles. The summed E-state index contributed by atoms with van der Waals surface area (Å²) in [5, 5.41) is 12.3. The van der Waals surface area contributed by atoms with Crippen LogP contribution in [0.2, 0.25) is 0 Å². The number of rotatable bonds is 9. The van der Waals surface area contributed by atoms with Gasteiger partial charge in [-0.15, -0.1) is 0 Å². The number of ether oxygens (including phenoxy) is 3. The molecule has 4 fully saturated rings. The van der Waals surface area contributed by atoms with E-state index < -0.39 is 35.6 Å². The standard InChI is InChI=1S/C21H32BrN3O7/c1-2-31-20(29)14-15-19(28)25(5-3-9-26)17(21(15)12-13(22)16(14)32-21)18(27)23-4-6-24-7-10-30-11-8-24/h13-17,26H,2-12H2,1H3,(H,23,27)/t13?,14-,15+,16-,17-,21+/m0/s1. The average Bonchev–Trinajstić information content (AvgIpc) is 3.36. The highest BCUT2D eigenvalue weighted by Gasteiger charge is 2.76. The Kier molecular flexibility index (Phi) is 7.40. The van der Waals surface area contributed by atoms with Crippen molar-refractivity contribution < 1.29 is 33.7 Å². The van der Waals surface area contributed by atoms with Crippen molar-refractivity contribution >= 4 is 33.7 Å². The first kappa shape index (κ1) is 23.9. The zero-order chi connectivity index (χ0) is 22.9. The molecule has 0 saturated carbocycles. The lowest BCUT2D eigenvalue weighted by molar-refractivity contribution is -0.154. The van der Waals surface area contributed by atoms with Crippen molar-refractivity contribution in [2.75, 3.05) is 59.2 Å². The smallest absolute Gasteiger partial charge is 0.312 e. The number of hydrogen-bond acceptors (Lipinski definition) is 8. The molecule has 0 aromatic rings. The predicted octanol–water partition coefficient (Wildman–Crippen LogP) is -0.872. The van der Waals surface area contributed by atoms with Crippen LogP contribution in [0.3, 0.4) is 0 Å². The van der Waals surface area contributed by atoms with Gasteiger partial charge >= 0.3 is 5.97 Å². The molecule has 32 heavy (non-hydrogen) atoms. The summed E-state index contributed by atoms with van der Waals surface area (Å²) in [6.45, 7) is 6.21. The van der Waals surface area contributed by atoms with Gasteiger partial charge in [0.05, 0.1) is 37.8 Å². The van der Waals surface area contributed by atoms with Gasteiger partial charge in [0.1, 0.15) is 11.6 Å². The van der Waals surface area contributed by atoms with Gasteiger partial charge in [-0.2, -0.15) is 0 Å². The summed E-state index contributed by atoms with van der Waals surface area (Å²) in [6.07, 6.45) is 0.296. The molecular weight excluding hydrogens is 486 g/mol. The third kappa shape index (κ3) is 4.06. The van der Waals surface area contributed by atoms with E-state index in [9.17, 15) is 19.5 Å².